The topological polar surface area (TPSA) is 94.1 Å². The molecule has 1 amide bonds. The van der Waals surface area contributed by atoms with Gasteiger partial charge in [0.15, 0.2) is 6.10 Å². The molecule has 7 heteroatoms. The van der Waals surface area contributed by atoms with Crippen LogP contribution in [0.5, 0.6) is 5.75 Å². The zero-order valence-electron chi connectivity index (χ0n) is 17.6. The summed E-state index contributed by atoms with van der Waals surface area (Å²) in [5, 5.41) is 12.1. The minimum absolute atomic E-state index is 0.160. The van der Waals surface area contributed by atoms with Crippen LogP contribution in [-0.2, 0) is 27.1 Å². The van der Waals surface area contributed by atoms with E-state index < -0.39 is 18.2 Å². The summed E-state index contributed by atoms with van der Waals surface area (Å²) in [5.41, 5.74) is 2.31. The Bertz CT molecular complexity index is 822. The monoisotopic (exact) mass is 415 g/mol. The fraction of sp³-hybridized carbons (Fsp3) is 0.391. The normalized spacial score (nSPS) is 11.7. The Labute approximate surface area is 177 Å². The number of para-hydroxylation sites is 1. The van der Waals surface area contributed by atoms with Gasteiger partial charge in [0.2, 0.25) is 0 Å². The fourth-order valence-electron chi connectivity index (χ4n) is 2.92. The summed E-state index contributed by atoms with van der Waals surface area (Å²) in [5.74, 6) is -0.315. The summed E-state index contributed by atoms with van der Waals surface area (Å²) in [6.45, 7) is 6.15. The molecule has 2 N–H and O–H groups in total. The van der Waals surface area contributed by atoms with Gasteiger partial charge in [0.05, 0.1) is 19.3 Å². The van der Waals surface area contributed by atoms with Crippen LogP contribution in [0.25, 0.3) is 0 Å². The van der Waals surface area contributed by atoms with Crippen molar-refractivity contribution in [2.75, 3.05) is 18.5 Å². The molecule has 2 aromatic rings. The van der Waals surface area contributed by atoms with Crippen LogP contribution in [0.4, 0.5) is 10.5 Å². The number of carboxylic acid groups (broad SMARTS) is 1. The van der Waals surface area contributed by atoms with Crippen molar-refractivity contribution in [2.24, 2.45) is 0 Å². The van der Waals surface area contributed by atoms with E-state index in [1.54, 1.807) is 26.0 Å². The number of carbonyl (C=O) groups excluding carboxylic acids is 1. The molecule has 30 heavy (non-hydrogen) atoms. The highest BCUT2D eigenvalue weighted by Crippen LogP contribution is 2.23. The van der Waals surface area contributed by atoms with Crippen LogP contribution < -0.4 is 10.1 Å². The third kappa shape index (κ3) is 7.75. The van der Waals surface area contributed by atoms with Crippen LogP contribution in [-0.4, -0.2) is 42.6 Å². The highest BCUT2D eigenvalue weighted by molar-refractivity contribution is 5.84. The Morgan fingerprint density at radius 2 is 1.83 bits per heavy atom. The molecular weight excluding hydrogens is 386 g/mol. The predicted molar refractivity (Wildman–Crippen MR) is 114 cm³/mol. The average molecular weight is 415 g/mol. The molecule has 0 heterocycles. The maximum absolute atomic E-state index is 12.0. The van der Waals surface area contributed by atoms with E-state index in [9.17, 15) is 14.7 Å². The number of nitrogens with one attached hydrogen (secondary N) is 1. The van der Waals surface area contributed by atoms with Gasteiger partial charge in [-0.2, -0.15) is 0 Å². The number of carbonyl (C=O) groups is 2. The van der Waals surface area contributed by atoms with Crippen molar-refractivity contribution in [2.45, 2.75) is 45.8 Å². The molecule has 0 saturated heterocycles. The Kier molecular flexibility index (Phi) is 9.15. The van der Waals surface area contributed by atoms with Crippen LogP contribution in [0.15, 0.2) is 48.5 Å². The molecule has 0 aliphatic carbocycles. The summed E-state index contributed by atoms with van der Waals surface area (Å²) in [6, 6.07) is 14.6. The quantitative estimate of drug-likeness (QED) is 0.568. The van der Waals surface area contributed by atoms with E-state index in [0.717, 1.165) is 11.1 Å². The molecule has 2 rings (SSSR count). The highest BCUT2D eigenvalue weighted by atomic mass is 16.5. The van der Waals surface area contributed by atoms with Crippen LogP contribution in [0.1, 0.15) is 31.9 Å². The molecule has 0 radical (unpaired) electrons. The summed E-state index contributed by atoms with van der Waals surface area (Å²) in [6.07, 6.45) is -0.976. The number of hydrogen-bond acceptors (Lipinski definition) is 5. The second kappa shape index (κ2) is 11.8. The second-order valence-corrected chi connectivity index (χ2v) is 6.97. The molecule has 0 fully saturated rings. The molecule has 0 spiro atoms. The summed E-state index contributed by atoms with van der Waals surface area (Å²) in [7, 11) is 0. The average Bonchev–Trinajstić information content (AvgIpc) is 2.69. The van der Waals surface area contributed by atoms with Gasteiger partial charge in [0.1, 0.15) is 5.75 Å². The van der Waals surface area contributed by atoms with E-state index in [-0.39, 0.29) is 19.1 Å². The SMILES string of the molecule is CCOc1ccc(CC(OC(C)C)C(=O)O)cc1CCOC(=O)Nc1ccccc1. The minimum Gasteiger partial charge on any atom is -0.494 e. The first-order chi connectivity index (χ1) is 14.4. The lowest BCUT2D eigenvalue weighted by Gasteiger charge is -2.18. The van der Waals surface area contributed by atoms with Gasteiger partial charge in [0, 0.05) is 18.5 Å². The summed E-state index contributed by atoms with van der Waals surface area (Å²) >= 11 is 0. The third-order valence-corrected chi connectivity index (χ3v) is 4.18. The molecule has 162 valence electrons. The molecule has 0 aliphatic rings. The zero-order valence-corrected chi connectivity index (χ0v) is 17.6. The number of amides is 1. The van der Waals surface area contributed by atoms with Gasteiger partial charge >= 0.3 is 12.1 Å². The molecule has 0 aromatic heterocycles. The number of carboxylic acids is 1. The van der Waals surface area contributed by atoms with E-state index in [2.05, 4.69) is 5.32 Å². The number of aliphatic carboxylic acids is 1. The number of rotatable bonds is 11. The molecular formula is C23H29NO6. The lowest BCUT2D eigenvalue weighted by Crippen LogP contribution is -2.29. The van der Waals surface area contributed by atoms with Crippen molar-refractivity contribution in [3.8, 4) is 5.75 Å². The molecule has 1 atom stereocenters. The van der Waals surface area contributed by atoms with Crippen molar-refractivity contribution >= 4 is 17.7 Å². The first-order valence-electron chi connectivity index (χ1n) is 10.0. The van der Waals surface area contributed by atoms with Crippen LogP contribution >= 0.6 is 0 Å². The summed E-state index contributed by atoms with van der Waals surface area (Å²) in [4.78, 5) is 23.4. The second-order valence-electron chi connectivity index (χ2n) is 6.97. The number of ether oxygens (including phenoxy) is 3. The number of hydrogen-bond donors (Lipinski definition) is 2. The van der Waals surface area contributed by atoms with E-state index in [0.29, 0.717) is 24.5 Å². The van der Waals surface area contributed by atoms with Crippen LogP contribution in [0.3, 0.4) is 0 Å². The Hall–Kier alpha value is -3.06. The smallest absolute Gasteiger partial charge is 0.411 e. The van der Waals surface area contributed by atoms with Gasteiger partial charge in [0.25, 0.3) is 0 Å². The van der Waals surface area contributed by atoms with Gasteiger partial charge < -0.3 is 19.3 Å². The van der Waals surface area contributed by atoms with Crippen LogP contribution in [0, 0.1) is 0 Å². The Balaban J connectivity index is 2.01. The number of benzene rings is 2. The van der Waals surface area contributed by atoms with E-state index >= 15 is 0 Å². The lowest BCUT2D eigenvalue weighted by atomic mass is 10.0. The van der Waals surface area contributed by atoms with Crippen molar-refractivity contribution in [1.82, 2.24) is 0 Å². The van der Waals surface area contributed by atoms with Gasteiger partial charge in [-0.05, 0) is 50.1 Å². The van der Waals surface area contributed by atoms with Crippen molar-refractivity contribution in [3.63, 3.8) is 0 Å². The maximum atomic E-state index is 12.0. The van der Waals surface area contributed by atoms with Crippen molar-refractivity contribution < 1.29 is 28.9 Å². The molecule has 0 aliphatic heterocycles. The number of anilines is 1. The van der Waals surface area contributed by atoms with Gasteiger partial charge in [-0.3, -0.25) is 5.32 Å². The standard InChI is InChI=1S/C23H29NO6/c1-4-28-20-11-10-17(15-21(22(25)26)30-16(2)3)14-18(20)12-13-29-23(27)24-19-8-6-5-7-9-19/h5-11,14,16,21H,4,12-13,15H2,1-3H3,(H,24,27)(H,25,26). The first kappa shape index (κ1) is 23.2. The molecule has 0 saturated carbocycles. The maximum Gasteiger partial charge on any atom is 0.411 e. The fourth-order valence-corrected chi connectivity index (χ4v) is 2.92. The molecule has 1 unspecified atom stereocenters. The molecule has 2 aromatic carbocycles. The Morgan fingerprint density at radius 3 is 2.47 bits per heavy atom. The van der Waals surface area contributed by atoms with Crippen molar-refractivity contribution in [1.29, 1.82) is 0 Å². The van der Waals surface area contributed by atoms with Crippen molar-refractivity contribution in [3.05, 3.63) is 59.7 Å². The summed E-state index contributed by atoms with van der Waals surface area (Å²) < 4.78 is 16.4. The van der Waals surface area contributed by atoms with Crippen LogP contribution in [0.2, 0.25) is 0 Å². The van der Waals surface area contributed by atoms with Gasteiger partial charge in [-0.1, -0.05) is 30.3 Å². The zero-order chi connectivity index (χ0) is 21.9. The minimum atomic E-state index is -1.000. The first-order valence-corrected chi connectivity index (χ1v) is 10.0. The largest absolute Gasteiger partial charge is 0.494 e. The van der Waals surface area contributed by atoms with E-state index in [1.165, 1.54) is 0 Å². The highest BCUT2D eigenvalue weighted by Gasteiger charge is 2.21. The third-order valence-electron chi connectivity index (χ3n) is 4.18. The molecule has 7 nitrogen and oxygen atoms in total. The van der Waals surface area contributed by atoms with E-state index in [1.807, 2.05) is 43.3 Å². The van der Waals surface area contributed by atoms with Gasteiger partial charge in [-0.15, -0.1) is 0 Å². The predicted octanol–water partition coefficient (Wildman–Crippen LogP) is 4.30. The van der Waals surface area contributed by atoms with Gasteiger partial charge in [-0.25, -0.2) is 9.59 Å². The lowest BCUT2D eigenvalue weighted by molar-refractivity contribution is -0.153. The molecule has 0 bridgehead atoms. The van der Waals surface area contributed by atoms with E-state index in [4.69, 9.17) is 14.2 Å². The Morgan fingerprint density at radius 1 is 1.10 bits per heavy atom.